The van der Waals surface area contributed by atoms with Crippen LogP contribution in [0.3, 0.4) is 0 Å². The average Bonchev–Trinajstić information content (AvgIpc) is 1.99. The van der Waals surface area contributed by atoms with Gasteiger partial charge in [-0.25, -0.2) is 8.42 Å². The van der Waals surface area contributed by atoms with E-state index in [2.05, 4.69) is 4.99 Å². The molecule has 0 radical (unpaired) electrons. The molecule has 1 N–H and O–H groups in total. The maximum atomic E-state index is 11.0. The van der Waals surface area contributed by atoms with Gasteiger partial charge in [0.15, 0.2) is 9.84 Å². The largest absolute Gasteiger partial charge is 0.303 e. The molecule has 0 aromatic carbocycles. The Bertz CT molecular complexity index is 361. The normalized spacial score (nSPS) is 14.1. The molecule has 0 saturated carbocycles. The zero-order chi connectivity index (χ0) is 12.3. The lowest BCUT2D eigenvalue weighted by Gasteiger charge is -2.21. The maximum absolute atomic E-state index is 11.0. The van der Waals surface area contributed by atoms with Crippen LogP contribution in [0, 0.1) is 10.8 Å². The topological polar surface area (TPSA) is 70.3 Å². The third-order valence-corrected chi connectivity index (χ3v) is 2.41. The first kappa shape index (κ1) is 14.3. The minimum atomic E-state index is -3.11. The number of nitrogens with one attached hydrogen (secondary N) is 1. The summed E-state index contributed by atoms with van der Waals surface area (Å²) >= 11 is 0. The number of hydrogen-bond acceptors (Lipinski definition) is 4. The van der Waals surface area contributed by atoms with Crippen molar-refractivity contribution in [2.45, 2.75) is 34.1 Å². The first-order valence-electron chi connectivity index (χ1n) is 4.88. The highest BCUT2D eigenvalue weighted by Crippen LogP contribution is 2.18. The number of rotatable bonds is 4. The highest BCUT2D eigenvalue weighted by atomic mass is 32.2. The smallest absolute Gasteiger partial charge is 0.167 e. The van der Waals surface area contributed by atoms with Crippen molar-refractivity contribution in [2.75, 3.05) is 12.1 Å². The number of sulfone groups is 1. The van der Waals surface area contributed by atoms with Crippen LogP contribution in [0.15, 0.2) is 4.99 Å². The quantitative estimate of drug-likeness (QED) is 0.752. The molecule has 0 spiro atoms. The summed E-state index contributed by atoms with van der Waals surface area (Å²) in [5.74, 6) is -0.234. The van der Waals surface area contributed by atoms with Crippen LogP contribution in [0.25, 0.3) is 0 Å². The van der Waals surface area contributed by atoms with Crippen LogP contribution in [0.5, 0.6) is 0 Å². The lowest BCUT2D eigenvalue weighted by Crippen LogP contribution is -2.29. The van der Waals surface area contributed by atoms with Crippen LogP contribution in [0.2, 0.25) is 0 Å². The Labute approximate surface area is 92.2 Å². The molecule has 88 valence electrons. The minimum absolute atomic E-state index is 0.234. The van der Waals surface area contributed by atoms with Gasteiger partial charge in [0.1, 0.15) is 5.88 Å². The molecular formula is C10H20N2O2S. The van der Waals surface area contributed by atoms with Crippen molar-refractivity contribution in [1.29, 1.82) is 5.41 Å². The first-order chi connectivity index (χ1) is 6.58. The van der Waals surface area contributed by atoms with Gasteiger partial charge in [0.2, 0.25) is 0 Å². The summed E-state index contributed by atoms with van der Waals surface area (Å²) in [7, 11) is -3.11. The molecule has 0 aliphatic carbocycles. The first-order valence-corrected chi connectivity index (χ1v) is 6.94. The molecule has 4 nitrogen and oxygen atoms in total. The van der Waals surface area contributed by atoms with E-state index < -0.39 is 9.84 Å². The van der Waals surface area contributed by atoms with Gasteiger partial charge in [0, 0.05) is 11.7 Å². The minimum Gasteiger partial charge on any atom is -0.303 e. The molecule has 0 atom stereocenters. The second-order valence-electron chi connectivity index (χ2n) is 4.64. The molecule has 0 amide bonds. The van der Waals surface area contributed by atoms with Gasteiger partial charge in [-0.1, -0.05) is 27.7 Å². The summed E-state index contributed by atoms with van der Waals surface area (Å²) < 4.78 is 22.0. The van der Waals surface area contributed by atoms with E-state index in [1.165, 1.54) is 0 Å². The van der Waals surface area contributed by atoms with Crippen LogP contribution in [-0.4, -0.2) is 32.0 Å². The zero-order valence-electron chi connectivity index (χ0n) is 10.1. The maximum Gasteiger partial charge on any atom is 0.167 e. The van der Waals surface area contributed by atoms with Crippen molar-refractivity contribution in [1.82, 2.24) is 0 Å². The molecule has 0 saturated heterocycles. The predicted molar refractivity (Wildman–Crippen MR) is 64.6 cm³/mol. The summed E-state index contributed by atoms with van der Waals surface area (Å²) in [5.41, 5.74) is 0.708. The predicted octanol–water partition coefficient (Wildman–Crippen LogP) is 1.91. The third kappa shape index (κ3) is 5.67. The van der Waals surface area contributed by atoms with Gasteiger partial charge in [-0.2, -0.15) is 0 Å². The lowest BCUT2D eigenvalue weighted by molar-refractivity contribution is 0.591. The number of aliphatic imine (C=N–C) groups is 1. The molecule has 0 aliphatic rings. The fourth-order valence-corrected chi connectivity index (χ4v) is 1.50. The van der Waals surface area contributed by atoms with Crippen molar-refractivity contribution in [3.05, 3.63) is 0 Å². The second-order valence-corrected chi connectivity index (χ2v) is 6.75. The van der Waals surface area contributed by atoms with E-state index in [1.807, 2.05) is 27.7 Å². The van der Waals surface area contributed by atoms with Gasteiger partial charge >= 0.3 is 0 Å². The lowest BCUT2D eigenvalue weighted by atomic mass is 9.86. The van der Waals surface area contributed by atoms with E-state index in [0.717, 1.165) is 6.26 Å². The molecular weight excluding hydrogens is 212 g/mol. The van der Waals surface area contributed by atoms with E-state index in [4.69, 9.17) is 5.41 Å². The summed E-state index contributed by atoms with van der Waals surface area (Å²) in [6.07, 6.45) is 1.71. The molecule has 0 rings (SSSR count). The fraction of sp³-hybridized carbons (Fsp3) is 0.800. The molecule has 0 aliphatic heterocycles. The van der Waals surface area contributed by atoms with E-state index >= 15 is 0 Å². The van der Waals surface area contributed by atoms with Gasteiger partial charge < -0.3 is 5.41 Å². The summed E-state index contributed by atoms with van der Waals surface area (Å²) in [6, 6.07) is 0. The van der Waals surface area contributed by atoms with Crippen molar-refractivity contribution >= 4 is 21.3 Å². The Balaban J connectivity index is 5.05. The summed E-state index contributed by atoms with van der Waals surface area (Å²) in [5, 5.41) is 7.73. The monoisotopic (exact) mass is 232 g/mol. The molecule has 0 unspecified atom stereocenters. The second kappa shape index (κ2) is 4.88. The van der Waals surface area contributed by atoms with Gasteiger partial charge in [0.25, 0.3) is 0 Å². The zero-order valence-corrected chi connectivity index (χ0v) is 10.9. The van der Waals surface area contributed by atoms with Gasteiger partial charge in [0.05, 0.1) is 11.4 Å². The van der Waals surface area contributed by atoms with Crippen molar-refractivity contribution in [3.63, 3.8) is 0 Å². The molecule has 0 bridgehead atoms. The summed E-state index contributed by atoms with van der Waals surface area (Å²) in [4.78, 5) is 4.04. The number of nitrogens with zero attached hydrogens (tertiary/aromatic N) is 1. The fourth-order valence-electron chi connectivity index (χ4n) is 1.13. The molecule has 0 fully saturated rings. The Morgan fingerprint density at radius 1 is 1.33 bits per heavy atom. The van der Waals surface area contributed by atoms with E-state index in [9.17, 15) is 8.42 Å². The van der Waals surface area contributed by atoms with Crippen LogP contribution in [-0.2, 0) is 9.84 Å². The van der Waals surface area contributed by atoms with Crippen LogP contribution >= 0.6 is 0 Å². The van der Waals surface area contributed by atoms with Crippen LogP contribution < -0.4 is 0 Å². The molecule has 5 heteroatoms. The van der Waals surface area contributed by atoms with Gasteiger partial charge in [-0.05, 0) is 6.42 Å². The van der Waals surface area contributed by atoms with E-state index in [1.54, 1.807) is 0 Å². The Morgan fingerprint density at radius 3 is 2.07 bits per heavy atom. The Kier molecular flexibility index (Phi) is 4.65. The Hall–Kier alpha value is -0.710. The van der Waals surface area contributed by atoms with Crippen LogP contribution in [0.1, 0.15) is 34.1 Å². The van der Waals surface area contributed by atoms with E-state index in [-0.39, 0.29) is 11.3 Å². The molecule has 15 heavy (non-hydrogen) atoms. The molecule has 0 heterocycles. The standard InChI is InChI=1S/C10H20N2O2S/c1-6-8(11)9(10(2,3)4)12-7-15(5,13)14/h11H,6-7H2,1-5H3. The SMILES string of the molecule is CCC(=N)C(=NCS(C)(=O)=O)C(C)(C)C. The van der Waals surface area contributed by atoms with Crippen LogP contribution in [0.4, 0.5) is 0 Å². The highest BCUT2D eigenvalue weighted by molar-refractivity contribution is 7.90. The summed E-state index contributed by atoms with van der Waals surface area (Å²) in [6.45, 7) is 7.65. The molecule has 0 aromatic rings. The van der Waals surface area contributed by atoms with Crippen molar-refractivity contribution in [3.8, 4) is 0 Å². The van der Waals surface area contributed by atoms with Gasteiger partial charge in [-0.3, -0.25) is 4.99 Å². The Morgan fingerprint density at radius 2 is 1.80 bits per heavy atom. The van der Waals surface area contributed by atoms with Gasteiger partial charge in [-0.15, -0.1) is 0 Å². The van der Waals surface area contributed by atoms with E-state index in [0.29, 0.717) is 17.8 Å². The highest BCUT2D eigenvalue weighted by Gasteiger charge is 2.22. The van der Waals surface area contributed by atoms with Crippen molar-refractivity contribution < 1.29 is 8.42 Å². The number of hydrogen-bond donors (Lipinski definition) is 1. The molecule has 0 aromatic heterocycles. The third-order valence-electron chi connectivity index (χ3n) is 1.81. The average molecular weight is 232 g/mol. The van der Waals surface area contributed by atoms with Crippen molar-refractivity contribution in [2.24, 2.45) is 10.4 Å².